The third kappa shape index (κ3) is 5.38. The number of aromatic nitrogens is 2. The Balaban J connectivity index is 1.26. The Morgan fingerprint density at radius 2 is 2.03 bits per heavy atom. The van der Waals surface area contributed by atoms with Gasteiger partial charge in [0.15, 0.2) is 0 Å². The predicted molar refractivity (Wildman–Crippen MR) is 122 cm³/mol. The second-order valence-corrected chi connectivity index (χ2v) is 9.26. The van der Waals surface area contributed by atoms with Crippen LogP contribution in [0.5, 0.6) is 0 Å². The van der Waals surface area contributed by atoms with Gasteiger partial charge in [0.1, 0.15) is 11.9 Å². The highest BCUT2D eigenvalue weighted by molar-refractivity contribution is 7.09. The molecule has 2 unspecified atom stereocenters. The van der Waals surface area contributed by atoms with E-state index in [1.807, 2.05) is 18.2 Å². The number of hydrogen-bond donors (Lipinski definition) is 1. The summed E-state index contributed by atoms with van der Waals surface area (Å²) < 4.78 is 4.54. The highest BCUT2D eigenvalue weighted by atomic mass is 32.1. The molecule has 2 saturated heterocycles. The maximum absolute atomic E-state index is 12.8. The van der Waals surface area contributed by atoms with Crippen LogP contribution in [0.15, 0.2) is 30.3 Å². The molecule has 3 heterocycles. The van der Waals surface area contributed by atoms with Gasteiger partial charge in [-0.1, -0.05) is 36.8 Å². The van der Waals surface area contributed by atoms with Gasteiger partial charge in [-0.2, -0.15) is 4.37 Å². The first-order chi connectivity index (χ1) is 14.7. The zero-order chi connectivity index (χ0) is 20.8. The van der Waals surface area contributed by atoms with Gasteiger partial charge in [0.05, 0.1) is 0 Å². The molecule has 0 bridgehead atoms. The highest BCUT2D eigenvalue weighted by Gasteiger charge is 2.32. The van der Waals surface area contributed by atoms with Crippen molar-refractivity contribution in [3.8, 4) is 0 Å². The zero-order valence-electron chi connectivity index (χ0n) is 17.9. The summed E-state index contributed by atoms with van der Waals surface area (Å²) in [6.07, 6.45) is 7.63. The van der Waals surface area contributed by atoms with Crippen molar-refractivity contribution in [1.29, 1.82) is 0 Å². The fraction of sp³-hybridized carbons (Fsp3) is 0.609. The molecule has 0 spiro atoms. The molecule has 2 aliphatic heterocycles. The first-order valence-electron chi connectivity index (χ1n) is 11.4. The van der Waals surface area contributed by atoms with Crippen molar-refractivity contribution < 1.29 is 4.79 Å². The molecule has 0 radical (unpaired) electrons. The summed E-state index contributed by atoms with van der Waals surface area (Å²) in [5, 5.41) is 4.05. The minimum atomic E-state index is -0.114. The first kappa shape index (κ1) is 21.2. The Labute approximate surface area is 183 Å². The number of rotatable bonds is 8. The number of nitrogens with one attached hydrogen (secondary N) is 1. The second-order valence-electron chi connectivity index (χ2n) is 8.53. The number of anilines is 1. The summed E-state index contributed by atoms with van der Waals surface area (Å²) in [5.74, 6) is 0.974. The van der Waals surface area contributed by atoms with Crippen molar-refractivity contribution in [3.05, 3.63) is 41.7 Å². The monoisotopic (exact) mass is 427 g/mol. The van der Waals surface area contributed by atoms with E-state index in [4.69, 9.17) is 4.98 Å². The van der Waals surface area contributed by atoms with Gasteiger partial charge in [0.25, 0.3) is 0 Å². The number of hydrogen-bond acceptors (Lipinski definition) is 6. The Morgan fingerprint density at radius 3 is 2.87 bits per heavy atom. The molecular formula is C23H33N5OS. The van der Waals surface area contributed by atoms with Crippen LogP contribution in [0.4, 0.5) is 5.13 Å². The van der Waals surface area contributed by atoms with Crippen LogP contribution < -0.4 is 10.2 Å². The van der Waals surface area contributed by atoms with Crippen molar-refractivity contribution in [3.63, 3.8) is 0 Å². The second kappa shape index (κ2) is 10.4. The van der Waals surface area contributed by atoms with Crippen LogP contribution in [-0.4, -0.2) is 58.4 Å². The van der Waals surface area contributed by atoms with Gasteiger partial charge in [0.2, 0.25) is 11.0 Å². The van der Waals surface area contributed by atoms with Gasteiger partial charge in [0, 0.05) is 43.6 Å². The Hall–Kier alpha value is -1.99. The van der Waals surface area contributed by atoms with E-state index in [0.29, 0.717) is 6.04 Å². The van der Waals surface area contributed by atoms with Crippen LogP contribution in [0, 0.1) is 0 Å². The molecule has 1 aromatic heterocycles. The number of amides is 1. The lowest BCUT2D eigenvalue weighted by Gasteiger charge is -2.33. The molecule has 2 fully saturated rings. The fourth-order valence-corrected chi connectivity index (χ4v) is 5.34. The first-order valence-corrected chi connectivity index (χ1v) is 12.1. The molecule has 2 aromatic rings. The molecule has 2 atom stereocenters. The summed E-state index contributed by atoms with van der Waals surface area (Å²) >= 11 is 1.41. The number of nitrogens with zero attached hydrogens (tertiary/aromatic N) is 4. The van der Waals surface area contributed by atoms with E-state index in [9.17, 15) is 4.79 Å². The molecule has 2 aliphatic rings. The minimum absolute atomic E-state index is 0.114. The van der Waals surface area contributed by atoms with E-state index in [2.05, 4.69) is 38.5 Å². The lowest BCUT2D eigenvalue weighted by molar-refractivity contribution is -0.122. The summed E-state index contributed by atoms with van der Waals surface area (Å²) in [7, 11) is 0. The van der Waals surface area contributed by atoms with Gasteiger partial charge < -0.3 is 15.1 Å². The van der Waals surface area contributed by atoms with Gasteiger partial charge >= 0.3 is 0 Å². The maximum Gasteiger partial charge on any atom is 0.242 e. The van der Waals surface area contributed by atoms with Gasteiger partial charge in [-0.05, 0) is 51.1 Å². The van der Waals surface area contributed by atoms with Crippen molar-refractivity contribution in [2.24, 2.45) is 0 Å². The Kier molecular flexibility index (Phi) is 7.33. The topological polar surface area (TPSA) is 61.4 Å². The summed E-state index contributed by atoms with van der Waals surface area (Å²) in [6, 6.07) is 10.8. The van der Waals surface area contributed by atoms with Crippen LogP contribution in [0.25, 0.3) is 0 Å². The van der Waals surface area contributed by atoms with Crippen LogP contribution in [0.3, 0.4) is 0 Å². The summed E-state index contributed by atoms with van der Waals surface area (Å²) in [4.78, 5) is 22.3. The number of piperidine rings is 1. The average molecular weight is 428 g/mol. The number of benzene rings is 1. The van der Waals surface area contributed by atoms with Crippen molar-refractivity contribution in [2.75, 3.05) is 31.1 Å². The molecule has 7 heteroatoms. The van der Waals surface area contributed by atoms with Crippen molar-refractivity contribution >= 4 is 22.6 Å². The molecule has 6 nitrogen and oxygen atoms in total. The summed E-state index contributed by atoms with van der Waals surface area (Å²) in [5.41, 5.74) is 1.21. The largest absolute Gasteiger partial charge is 0.354 e. The SMILES string of the molecule is CC1CCCCN1CCCNC(=O)C1CCCN1c1nc(Cc2ccccc2)ns1. The summed E-state index contributed by atoms with van der Waals surface area (Å²) in [6.45, 7) is 6.23. The lowest BCUT2D eigenvalue weighted by Crippen LogP contribution is -2.44. The molecule has 162 valence electrons. The Morgan fingerprint density at radius 1 is 1.17 bits per heavy atom. The average Bonchev–Trinajstić information content (AvgIpc) is 3.42. The van der Waals surface area contributed by atoms with Crippen molar-refractivity contribution in [2.45, 2.75) is 64.0 Å². The van der Waals surface area contributed by atoms with Gasteiger partial charge in [-0.3, -0.25) is 4.79 Å². The van der Waals surface area contributed by atoms with E-state index in [-0.39, 0.29) is 11.9 Å². The molecule has 0 aliphatic carbocycles. The smallest absolute Gasteiger partial charge is 0.242 e. The van der Waals surface area contributed by atoms with E-state index in [0.717, 1.165) is 56.3 Å². The van der Waals surface area contributed by atoms with Crippen LogP contribution in [-0.2, 0) is 11.2 Å². The zero-order valence-corrected chi connectivity index (χ0v) is 18.7. The van der Waals surface area contributed by atoms with Gasteiger partial charge in [-0.25, -0.2) is 4.98 Å². The van der Waals surface area contributed by atoms with Crippen LogP contribution >= 0.6 is 11.5 Å². The highest BCUT2D eigenvalue weighted by Crippen LogP contribution is 2.27. The van der Waals surface area contributed by atoms with Crippen LogP contribution in [0.1, 0.15) is 56.8 Å². The molecule has 4 rings (SSSR count). The third-order valence-electron chi connectivity index (χ3n) is 6.33. The van der Waals surface area contributed by atoms with E-state index in [1.54, 1.807) is 0 Å². The lowest BCUT2D eigenvalue weighted by atomic mass is 10.0. The molecule has 1 N–H and O–H groups in total. The molecule has 0 saturated carbocycles. The normalized spacial score (nSPS) is 22.4. The van der Waals surface area contributed by atoms with E-state index < -0.39 is 0 Å². The number of likely N-dealkylation sites (tertiary alicyclic amines) is 1. The molecule has 1 aromatic carbocycles. The number of carbonyl (C=O) groups is 1. The third-order valence-corrected chi connectivity index (χ3v) is 7.12. The van der Waals surface area contributed by atoms with E-state index in [1.165, 1.54) is 42.9 Å². The van der Waals surface area contributed by atoms with Gasteiger partial charge in [-0.15, -0.1) is 0 Å². The minimum Gasteiger partial charge on any atom is -0.354 e. The Bertz CT molecular complexity index is 811. The predicted octanol–water partition coefficient (Wildman–Crippen LogP) is 3.48. The molecule has 30 heavy (non-hydrogen) atoms. The number of carbonyl (C=O) groups excluding carboxylic acids is 1. The van der Waals surface area contributed by atoms with Crippen LogP contribution in [0.2, 0.25) is 0 Å². The molecular weight excluding hydrogens is 394 g/mol. The molecule has 1 amide bonds. The quantitative estimate of drug-likeness (QED) is 0.654. The fourth-order valence-electron chi connectivity index (χ4n) is 4.58. The standard InChI is InChI=1S/C23H33N5OS/c1-18-9-5-6-14-27(18)15-8-13-24-22(29)20-12-7-16-28(20)23-25-21(26-30-23)17-19-10-3-2-4-11-19/h2-4,10-11,18,20H,5-9,12-17H2,1H3,(H,24,29). The van der Waals surface area contributed by atoms with E-state index >= 15 is 0 Å². The maximum atomic E-state index is 12.8. The van der Waals surface area contributed by atoms with Crippen molar-refractivity contribution in [1.82, 2.24) is 19.6 Å².